The van der Waals surface area contributed by atoms with Crippen molar-refractivity contribution in [3.05, 3.63) is 0 Å². The monoisotopic (exact) mass is 254 g/mol. The molecule has 2 saturated carbocycles. The van der Waals surface area contributed by atoms with E-state index in [2.05, 4.69) is 5.32 Å². The molecule has 18 heavy (non-hydrogen) atoms. The lowest BCUT2D eigenvalue weighted by atomic mass is 9.85. The number of amides is 1. The fraction of sp³-hybridized carbons (Fsp3) is 0.929. The quantitative estimate of drug-likeness (QED) is 0.707. The number of nitrogens with two attached hydrogens (primary N) is 1. The van der Waals surface area contributed by atoms with Crippen molar-refractivity contribution in [3.63, 3.8) is 0 Å². The molecule has 4 nitrogen and oxygen atoms in total. The fourth-order valence-corrected chi connectivity index (χ4v) is 3.20. The zero-order valence-corrected chi connectivity index (χ0v) is 11.1. The Morgan fingerprint density at radius 2 is 1.89 bits per heavy atom. The molecular weight excluding hydrogens is 228 g/mol. The third-order valence-electron chi connectivity index (χ3n) is 4.47. The molecule has 2 atom stereocenters. The van der Waals surface area contributed by atoms with Crippen LogP contribution in [0.25, 0.3) is 0 Å². The average Bonchev–Trinajstić information content (AvgIpc) is 2.38. The van der Waals surface area contributed by atoms with Gasteiger partial charge in [-0.1, -0.05) is 6.42 Å². The van der Waals surface area contributed by atoms with E-state index in [9.17, 15) is 9.90 Å². The summed E-state index contributed by atoms with van der Waals surface area (Å²) in [6.45, 7) is 0.775. The molecule has 1 amide bonds. The van der Waals surface area contributed by atoms with Gasteiger partial charge in [0, 0.05) is 18.5 Å². The molecule has 0 saturated heterocycles. The predicted molar refractivity (Wildman–Crippen MR) is 70.9 cm³/mol. The van der Waals surface area contributed by atoms with E-state index >= 15 is 0 Å². The molecule has 0 bridgehead atoms. The van der Waals surface area contributed by atoms with Gasteiger partial charge in [0.1, 0.15) is 0 Å². The summed E-state index contributed by atoms with van der Waals surface area (Å²) < 4.78 is 0. The van der Waals surface area contributed by atoms with Crippen molar-refractivity contribution in [1.82, 2.24) is 5.32 Å². The number of nitrogens with one attached hydrogen (secondary N) is 1. The Morgan fingerprint density at radius 1 is 1.17 bits per heavy atom. The van der Waals surface area contributed by atoms with Crippen LogP contribution in [-0.4, -0.2) is 29.7 Å². The first kappa shape index (κ1) is 13.8. The summed E-state index contributed by atoms with van der Waals surface area (Å²) in [4.78, 5) is 12.0. The second-order valence-electron chi connectivity index (χ2n) is 6.04. The van der Waals surface area contributed by atoms with Crippen LogP contribution in [-0.2, 0) is 4.79 Å². The van der Waals surface area contributed by atoms with Crippen LogP contribution in [0.3, 0.4) is 0 Å². The van der Waals surface area contributed by atoms with E-state index in [1.165, 1.54) is 0 Å². The number of rotatable bonds is 3. The minimum atomic E-state index is -0.117. The van der Waals surface area contributed by atoms with Crippen molar-refractivity contribution < 1.29 is 9.90 Å². The van der Waals surface area contributed by atoms with Crippen LogP contribution in [0.15, 0.2) is 0 Å². The third-order valence-corrected chi connectivity index (χ3v) is 4.47. The molecule has 0 radical (unpaired) electrons. The van der Waals surface area contributed by atoms with Crippen LogP contribution < -0.4 is 11.1 Å². The third kappa shape index (κ3) is 3.95. The Labute approximate surface area is 109 Å². The first-order valence-corrected chi connectivity index (χ1v) is 7.36. The number of carbonyl (C=O) groups excluding carboxylic acids is 1. The normalized spacial score (nSPS) is 37.2. The zero-order valence-electron chi connectivity index (χ0n) is 11.1. The number of hydrogen-bond donors (Lipinski definition) is 3. The molecule has 0 aromatic carbocycles. The maximum Gasteiger partial charge on any atom is 0.223 e. The van der Waals surface area contributed by atoms with Crippen LogP contribution in [0, 0.1) is 11.8 Å². The summed E-state index contributed by atoms with van der Waals surface area (Å²) in [5.41, 5.74) is 5.91. The average molecular weight is 254 g/mol. The van der Waals surface area contributed by atoms with Crippen LogP contribution in [0.5, 0.6) is 0 Å². The first-order chi connectivity index (χ1) is 8.65. The number of carbonyl (C=O) groups is 1. The minimum absolute atomic E-state index is 0.117. The Balaban J connectivity index is 1.68. The summed E-state index contributed by atoms with van der Waals surface area (Å²) in [5, 5.41) is 12.5. The summed E-state index contributed by atoms with van der Waals surface area (Å²) >= 11 is 0. The van der Waals surface area contributed by atoms with Crippen LogP contribution in [0.4, 0.5) is 0 Å². The first-order valence-electron chi connectivity index (χ1n) is 7.36. The summed E-state index contributed by atoms with van der Waals surface area (Å²) in [7, 11) is 0. The largest absolute Gasteiger partial charge is 0.393 e. The predicted octanol–water partition coefficient (Wildman–Crippen LogP) is 1.17. The maximum atomic E-state index is 12.0. The maximum absolute atomic E-state index is 12.0. The van der Waals surface area contributed by atoms with Crippen LogP contribution in [0.2, 0.25) is 0 Å². The fourth-order valence-electron chi connectivity index (χ4n) is 3.20. The number of aliphatic hydroxyl groups excluding tert-OH is 1. The Kier molecular flexibility index (Phi) is 5.01. The van der Waals surface area contributed by atoms with Gasteiger partial charge in [-0.2, -0.15) is 0 Å². The van der Waals surface area contributed by atoms with Gasteiger partial charge in [0.05, 0.1) is 6.10 Å². The van der Waals surface area contributed by atoms with Gasteiger partial charge >= 0.3 is 0 Å². The zero-order chi connectivity index (χ0) is 13.0. The van der Waals surface area contributed by atoms with Crippen LogP contribution >= 0.6 is 0 Å². The molecule has 104 valence electrons. The van der Waals surface area contributed by atoms with E-state index in [1.54, 1.807) is 0 Å². The molecule has 0 aliphatic heterocycles. The van der Waals surface area contributed by atoms with Crippen molar-refractivity contribution in [1.29, 1.82) is 0 Å². The van der Waals surface area contributed by atoms with Gasteiger partial charge < -0.3 is 16.2 Å². The summed E-state index contributed by atoms with van der Waals surface area (Å²) in [6, 6.07) is 0.208. The summed E-state index contributed by atoms with van der Waals surface area (Å²) in [6.07, 6.45) is 7.69. The molecule has 2 rings (SSSR count). The lowest BCUT2D eigenvalue weighted by molar-refractivity contribution is -0.126. The van der Waals surface area contributed by atoms with Crippen molar-refractivity contribution >= 4 is 5.91 Å². The molecule has 0 heterocycles. The van der Waals surface area contributed by atoms with Gasteiger partial charge in [-0.3, -0.25) is 4.79 Å². The van der Waals surface area contributed by atoms with Gasteiger partial charge in [-0.05, 0) is 50.9 Å². The van der Waals surface area contributed by atoms with Crippen LogP contribution in [0.1, 0.15) is 51.4 Å². The van der Waals surface area contributed by atoms with Crippen molar-refractivity contribution in [2.75, 3.05) is 6.54 Å². The smallest absolute Gasteiger partial charge is 0.223 e. The standard InChI is InChI=1S/C14H26N2O2/c15-12-3-1-2-11(8-12)14(18)16-9-10-4-6-13(17)7-5-10/h10-13,17H,1-9,15H2,(H,16,18). The van der Waals surface area contributed by atoms with E-state index < -0.39 is 0 Å². The Hall–Kier alpha value is -0.610. The van der Waals surface area contributed by atoms with E-state index in [0.717, 1.165) is 57.9 Å². The molecule has 4 N–H and O–H groups in total. The van der Waals surface area contributed by atoms with E-state index in [-0.39, 0.29) is 24.0 Å². The Morgan fingerprint density at radius 3 is 2.56 bits per heavy atom. The van der Waals surface area contributed by atoms with Gasteiger partial charge in [0.2, 0.25) is 5.91 Å². The molecule has 2 unspecified atom stereocenters. The minimum Gasteiger partial charge on any atom is -0.393 e. The van der Waals surface area contributed by atoms with Gasteiger partial charge in [0.15, 0.2) is 0 Å². The SMILES string of the molecule is NC1CCCC(C(=O)NCC2CCC(O)CC2)C1. The number of hydrogen-bond acceptors (Lipinski definition) is 3. The van der Waals surface area contributed by atoms with Crippen molar-refractivity contribution in [3.8, 4) is 0 Å². The highest BCUT2D eigenvalue weighted by Crippen LogP contribution is 2.25. The van der Waals surface area contributed by atoms with Gasteiger partial charge in [-0.15, -0.1) is 0 Å². The molecule has 2 aliphatic carbocycles. The molecule has 2 fully saturated rings. The molecule has 2 aliphatic rings. The second-order valence-corrected chi connectivity index (χ2v) is 6.04. The van der Waals surface area contributed by atoms with Crippen molar-refractivity contribution in [2.24, 2.45) is 17.6 Å². The molecule has 0 aromatic rings. The molecule has 0 spiro atoms. The highest BCUT2D eigenvalue weighted by Gasteiger charge is 2.26. The summed E-state index contributed by atoms with van der Waals surface area (Å²) in [5.74, 6) is 0.869. The topological polar surface area (TPSA) is 75.4 Å². The van der Waals surface area contributed by atoms with Crippen molar-refractivity contribution in [2.45, 2.75) is 63.5 Å². The number of aliphatic hydroxyl groups is 1. The second kappa shape index (κ2) is 6.53. The van der Waals surface area contributed by atoms with Gasteiger partial charge in [-0.25, -0.2) is 0 Å². The van der Waals surface area contributed by atoms with E-state index in [1.807, 2.05) is 0 Å². The highest BCUT2D eigenvalue weighted by atomic mass is 16.3. The van der Waals surface area contributed by atoms with Gasteiger partial charge in [0.25, 0.3) is 0 Å². The molecular formula is C14H26N2O2. The van der Waals surface area contributed by atoms with E-state index in [4.69, 9.17) is 5.73 Å². The molecule has 4 heteroatoms. The lowest BCUT2D eigenvalue weighted by Crippen LogP contribution is -2.40. The van der Waals surface area contributed by atoms with E-state index in [0.29, 0.717) is 5.92 Å². The highest BCUT2D eigenvalue weighted by molar-refractivity contribution is 5.78. The Bertz CT molecular complexity index is 275. The molecule has 0 aromatic heterocycles. The lowest BCUT2D eigenvalue weighted by Gasteiger charge is -2.28.